The SMILES string of the molecule is CCNC(=NCC1CCCN(C)C1c1cccs1)NCCOCc1ccccc1OC. The zero-order valence-electron chi connectivity index (χ0n) is 19.0. The molecule has 1 aromatic heterocycles. The first-order valence-electron chi connectivity index (χ1n) is 11.2. The van der Waals surface area contributed by atoms with E-state index in [1.807, 2.05) is 35.6 Å². The van der Waals surface area contributed by atoms with Crippen LogP contribution in [0.25, 0.3) is 0 Å². The predicted molar refractivity (Wildman–Crippen MR) is 129 cm³/mol. The van der Waals surface area contributed by atoms with Gasteiger partial charge in [-0.05, 0) is 56.8 Å². The number of rotatable bonds is 10. The Morgan fingerprint density at radius 2 is 2.10 bits per heavy atom. The van der Waals surface area contributed by atoms with Gasteiger partial charge in [0.1, 0.15) is 5.75 Å². The van der Waals surface area contributed by atoms with E-state index in [1.165, 1.54) is 17.7 Å². The van der Waals surface area contributed by atoms with Crippen molar-refractivity contribution < 1.29 is 9.47 Å². The van der Waals surface area contributed by atoms with Crippen molar-refractivity contribution in [3.63, 3.8) is 0 Å². The Labute approximate surface area is 190 Å². The Balaban J connectivity index is 1.49. The fourth-order valence-electron chi connectivity index (χ4n) is 4.16. The van der Waals surface area contributed by atoms with Crippen LogP contribution in [-0.4, -0.2) is 57.8 Å². The summed E-state index contributed by atoms with van der Waals surface area (Å²) in [6, 6.07) is 12.8. The normalized spacial score (nSPS) is 19.9. The molecule has 6 nitrogen and oxygen atoms in total. The first-order chi connectivity index (χ1) is 15.2. The van der Waals surface area contributed by atoms with E-state index in [-0.39, 0.29) is 0 Å². The highest BCUT2D eigenvalue weighted by molar-refractivity contribution is 7.10. The molecule has 2 aromatic rings. The molecule has 170 valence electrons. The second kappa shape index (κ2) is 12.7. The number of methoxy groups -OCH3 is 1. The molecule has 31 heavy (non-hydrogen) atoms. The van der Waals surface area contributed by atoms with Crippen molar-refractivity contribution in [3.8, 4) is 5.75 Å². The van der Waals surface area contributed by atoms with Gasteiger partial charge in [-0.15, -0.1) is 11.3 Å². The zero-order valence-corrected chi connectivity index (χ0v) is 19.8. The first kappa shape index (κ1) is 23.6. The molecular weight excluding hydrogens is 408 g/mol. The van der Waals surface area contributed by atoms with Crippen LogP contribution < -0.4 is 15.4 Å². The molecule has 0 spiro atoms. The minimum Gasteiger partial charge on any atom is -0.496 e. The van der Waals surface area contributed by atoms with Gasteiger partial charge in [0.15, 0.2) is 5.96 Å². The fourth-order valence-corrected chi connectivity index (χ4v) is 5.14. The van der Waals surface area contributed by atoms with E-state index >= 15 is 0 Å². The van der Waals surface area contributed by atoms with Crippen LogP contribution in [0.3, 0.4) is 0 Å². The van der Waals surface area contributed by atoms with Crippen molar-refractivity contribution in [3.05, 3.63) is 52.2 Å². The van der Waals surface area contributed by atoms with Gasteiger partial charge in [-0.25, -0.2) is 0 Å². The standard InChI is InChI=1S/C24H36N4O2S/c1-4-25-24(26-13-15-30-18-20-9-5-6-11-21(20)29-3)27-17-19-10-7-14-28(2)23(19)22-12-8-16-31-22/h5-6,8-9,11-12,16,19,23H,4,7,10,13-15,17-18H2,1-3H3,(H2,25,26,27). The van der Waals surface area contributed by atoms with E-state index in [4.69, 9.17) is 14.5 Å². The van der Waals surface area contributed by atoms with Gasteiger partial charge in [-0.1, -0.05) is 24.3 Å². The Bertz CT molecular complexity index is 797. The van der Waals surface area contributed by atoms with Crippen molar-refractivity contribution in [2.75, 3.05) is 46.9 Å². The Morgan fingerprint density at radius 3 is 2.87 bits per heavy atom. The van der Waals surface area contributed by atoms with E-state index in [1.54, 1.807) is 7.11 Å². The molecule has 1 fully saturated rings. The maximum Gasteiger partial charge on any atom is 0.191 e. The topological polar surface area (TPSA) is 58.1 Å². The first-order valence-corrected chi connectivity index (χ1v) is 12.1. The summed E-state index contributed by atoms with van der Waals surface area (Å²) in [6.45, 7) is 6.77. The second-order valence-electron chi connectivity index (χ2n) is 7.85. The summed E-state index contributed by atoms with van der Waals surface area (Å²) in [5.74, 6) is 2.26. The molecule has 2 atom stereocenters. The molecule has 1 saturated heterocycles. The van der Waals surface area contributed by atoms with Gasteiger partial charge in [0.25, 0.3) is 0 Å². The third kappa shape index (κ3) is 6.95. The average molecular weight is 445 g/mol. The highest BCUT2D eigenvalue weighted by Crippen LogP contribution is 2.37. The molecule has 1 aromatic carbocycles. The number of likely N-dealkylation sites (tertiary alicyclic amines) is 1. The molecule has 0 bridgehead atoms. The maximum atomic E-state index is 5.83. The van der Waals surface area contributed by atoms with Crippen LogP contribution in [0.2, 0.25) is 0 Å². The summed E-state index contributed by atoms with van der Waals surface area (Å²) in [5.41, 5.74) is 1.06. The molecule has 0 radical (unpaired) electrons. The van der Waals surface area contributed by atoms with Crippen LogP contribution in [0.4, 0.5) is 0 Å². The number of thiophene rings is 1. The van der Waals surface area contributed by atoms with Crippen molar-refractivity contribution >= 4 is 17.3 Å². The van der Waals surface area contributed by atoms with Crippen molar-refractivity contribution in [1.82, 2.24) is 15.5 Å². The highest BCUT2D eigenvalue weighted by Gasteiger charge is 2.31. The van der Waals surface area contributed by atoms with Crippen LogP contribution in [0.1, 0.15) is 36.2 Å². The number of hydrogen-bond acceptors (Lipinski definition) is 5. The summed E-state index contributed by atoms with van der Waals surface area (Å²) < 4.78 is 11.2. The minimum absolute atomic E-state index is 0.463. The smallest absolute Gasteiger partial charge is 0.191 e. The Hall–Kier alpha value is -2.09. The third-order valence-corrected chi connectivity index (χ3v) is 6.60. The van der Waals surface area contributed by atoms with Crippen LogP contribution in [0, 0.1) is 5.92 Å². The minimum atomic E-state index is 0.463. The molecule has 7 heteroatoms. The van der Waals surface area contributed by atoms with Gasteiger partial charge < -0.3 is 20.1 Å². The number of nitrogens with zero attached hydrogens (tertiary/aromatic N) is 2. The molecule has 1 aliphatic heterocycles. The number of ether oxygens (including phenoxy) is 2. The van der Waals surface area contributed by atoms with Crippen LogP contribution in [0.5, 0.6) is 5.75 Å². The van der Waals surface area contributed by atoms with Crippen LogP contribution in [0.15, 0.2) is 46.8 Å². The lowest BCUT2D eigenvalue weighted by atomic mass is 9.88. The quantitative estimate of drug-likeness (QED) is 0.331. The van der Waals surface area contributed by atoms with Gasteiger partial charge in [0.2, 0.25) is 0 Å². The summed E-state index contributed by atoms with van der Waals surface area (Å²) in [5, 5.41) is 8.95. The molecule has 2 N–H and O–H groups in total. The zero-order chi connectivity index (χ0) is 21.9. The predicted octanol–water partition coefficient (Wildman–Crippen LogP) is 3.91. The van der Waals surface area contributed by atoms with E-state index in [0.29, 0.717) is 31.7 Å². The molecule has 1 aliphatic rings. The number of nitrogens with one attached hydrogen (secondary N) is 2. The molecule has 2 heterocycles. The van der Waals surface area contributed by atoms with Gasteiger partial charge in [-0.3, -0.25) is 9.89 Å². The van der Waals surface area contributed by atoms with E-state index < -0.39 is 0 Å². The summed E-state index contributed by atoms with van der Waals surface area (Å²) in [7, 11) is 3.93. The summed E-state index contributed by atoms with van der Waals surface area (Å²) in [6.07, 6.45) is 2.46. The lowest BCUT2D eigenvalue weighted by Gasteiger charge is -2.38. The second-order valence-corrected chi connectivity index (χ2v) is 8.83. The molecule has 0 amide bonds. The summed E-state index contributed by atoms with van der Waals surface area (Å²) in [4.78, 5) is 8.85. The number of hydrogen-bond donors (Lipinski definition) is 2. The third-order valence-electron chi connectivity index (χ3n) is 5.66. The maximum absolute atomic E-state index is 5.83. The van der Waals surface area contributed by atoms with E-state index in [2.05, 4.69) is 47.0 Å². The van der Waals surface area contributed by atoms with Gasteiger partial charge in [0, 0.05) is 36.1 Å². The fraction of sp³-hybridized carbons (Fsp3) is 0.542. The monoisotopic (exact) mass is 444 g/mol. The van der Waals surface area contributed by atoms with Crippen molar-refractivity contribution in [2.45, 2.75) is 32.4 Å². The van der Waals surface area contributed by atoms with Crippen molar-refractivity contribution in [1.29, 1.82) is 0 Å². The lowest BCUT2D eigenvalue weighted by molar-refractivity contribution is 0.123. The number of para-hydroxylation sites is 1. The molecule has 0 aliphatic carbocycles. The molecule has 0 saturated carbocycles. The molecule has 3 rings (SSSR count). The molecule has 2 unspecified atom stereocenters. The Morgan fingerprint density at radius 1 is 1.23 bits per heavy atom. The van der Waals surface area contributed by atoms with Gasteiger partial charge in [-0.2, -0.15) is 0 Å². The van der Waals surface area contributed by atoms with E-state index in [0.717, 1.165) is 36.9 Å². The van der Waals surface area contributed by atoms with Crippen molar-refractivity contribution in [2.24, 2.45) is 10.9 Å². The van der Waals surface area contributed by atoms with Crippen LogP contribution in [-0.2, 0) is 11.3 Å². The number of aliphatic imine (C=N–C) groups is 1. The average Bonchev–Trinajstić information content (AvgIpc) is 3.31. The number of piperidine rings is 1. The van der Waals surface area contributed by atoms with Crippen LogP contribution >= 0.6 is 11.3 Å². The lowest BCUT2D eigenvalue weighted by Crippen LogP contribution is -2.41. The number of guanidine groups is 1. The van der Waals surface area contributed by atoms with Gasteiger partial charge >= 0.3 is 0 Å². The summed E-state index contributed by atoms with van der Waals surface area (Å²) >= 11 is 1.85. The molecular formula is C24H36N4O2S. The largest absolute Gasteiger partial charge is 0.496 e. The number of benzene rings is 1. The highest BCUT2D eigenvalue weighted by atomic mass is 32.1. The van der Waals surface area contributed by atoms with Gasteiger partial charge in [0.05, 0.1) is 20.3 Å². The Kier molecular flexibility index (Phi) is 9.65. The van der Waals surface area contributed by atoms with E-state index in [9.17, 15) is 0 Å².